The Balaban J connectivity index is 2.01. The number of hydrazine groups is 1. The number of furan rings is 1. The lowest BCUT2D eigenvalue weighted by molar-refractivity contribution is 0.0950. The summed E-state index contributed by atoms with van der Waals surface area (Å²) in [5.74, 6) is 5.40. The molecule has 0 radical (unpaired) electrons. The van der Waals surface area contributed by atoms with Gasteiger partial charge in [0.1, 0.15) is 5.76 Å². The first-order valence-electron chi connectivity index (χ1n) is 5.59. The Morgan fingerprint density at radius 3 is 3.00 bits per heavy atom. The van der Waals surface area contributed by atoms with Crippen molar-refractivity contribution >= 4 is 33.2 Å². The van der Waals surface area contributed by atoms with Crippen LogP contribution >= 0.6 is 27.3 Å². The number of halogens is 1. The third-order valence-corrected chi connectivity index (χ3v) is 4.16. The van der Waals surface area contributed by atoms with Gasteiger partial charge < -0.3 is 4.42 Å². The predicted octanol–water partition coefficient (Wildman–Crippen LogP) is 2.34. The normalized spacial score (nSPS) is 10.9. The van der Waals surface area contributed by atoms with Crippen molar-refractivity contribution in [3.8, 4) is 0 Å². The molecule has 19 heavy (non-hydrogen) atoms. The zero-order valence-corrected chi connectivity index (χ0v) is 12.8. The second-order valence-corrected chi connectivity index (χ2v) is 6.45. The van der Waals surface area contributed by atoms with Crippen molar-refractivity contribution in [1.29, 1.82) is 0 Å². The van der Waals surface area contributed by atoms with Gasteiger partial charge in [0, 0.05) is 6.54 Å². The largest absolute Gasteiger partial charge is 0.467 e. The Bertz CT molecular complexity index is 567. The number of thiophene rings is 1. The molecule has 0 aromatic carbocycles. The molecule has 2 aromatic rings. The Kier molecular flexibility index (Phi) is 4.76. The number of nitrogens with two attached hydrogens (primary N) is 1. The molecule has 0 saturated heterocycles. The summed E-state index contributed by atoms with van der Waals surface area (Å²) in [6, 6.07) is 3.70. The first-order valence-corrected chi connectivity index (χ1v) is 7.26. The van der Waals surface area contributed by atoms with E-state index in [1.165, 1.54) is 11.8 Å². The fraction of sp³-hybridized carbons (Fsp3) is 0.250. The zero-order valence-electron chi connectivity index (χ0n) is 10.4. The second-order valence-electron chi connectivity index (χ2n) is 4.16. The molecule has 102 valence electrons. The molecular formula is C12H14BrN3O2S. The molecule has 2 rings (SSSR count). The van der Waals surface area contributed by atoms with Gasteiger partial charge in [-0.1, -0.05) is 0 Å². The van der Waals surface area contributed by atoms with Gasteiger partial charge in [-0.25, -0.2) is 5.84 Å². The van der Waals surface area contributed by atoms with E-state index in [0.29, 0.717) is 17.9 Å². The minimum absolute atomic E-state index is 0.338. The lowest BCUT2D eigenvalue weighted by Gasteiger charge is -2.14. The predicted molar refractivity (Wildman–Crippen MR) is 77.6 cm³/mol. The van der Waals surface area contributed by atoms with Crippen LogP contribution in [0.5, 0.6) is 0 Å². The average molecular weight is 344 g/mol. The highest BCUT2D eigenvalue weighted by Crippen LogP contribution is 2.22. The summed E-state index contributed by atoms with van der Waals surface area (Å²) in [7, 11) is 1.97. The van der Waals surface area contributed by atoms with Crippen LogP contribution in [0, 0.1) is 0 Å². The summed E-state index contributed by atoms with van der Waals surface area (Å²) in [6.45, 7) is 1.33. The lowest BCUT2D eigenvalue weighted by atomic mass is 10.2. The number of rotatable bonds is 5. The lowest BCUT2D eigenvalue weighted by Crippen LogP contribution is -2.31. The molecule has 0 aliphatic rings. The fourth-order valence-corrected chi connectivity index (χ4v) is 2.98. The van der Waals surface area contributed by atoms with Gasteiger partial charge in [-0.3, -0.25) is 15.1 Å². The van der Waals surface area contributed by atoms with Crippen LogP contribution in [-0.2, 0) is 13.1 Å². The topological polar surface area (TPSA) is 71.5 Å². The number of nitrogens with zero attached hydrogens (tertiary/aromatic N) is 1. The molecule has 1 amide bonds. The number of carbonyl (C=O) groups excluding carboxylic acids is 1. The van der Waals surface area contributed by atoms with Gasteiger partial charge in [0.25, 0.3) is 5.91 Å². The van der Waals surface area contributed by atoms with Gasteiger partial charge >= 0.3 is 0 Å². The molecule has 7 heteroatoms. The van der Waals surface area contributed by atoms with E-state index < -0.39 is 0 Å². The third-order valence-electron chi connectivity index (χ3n) is 2.61. The van der Waals surface area contributed by atoms with E-state index in [1.54, 1.807) is 17.4 Å². The Morgan fingerprint density at radius 1 is 1.58 bits per heavy atom. The standard InChI is InChI=1S/C12H14BrN3O2S/c1-16(5-8-4-11(13)19-7-8)6-10-9(2-3-18-10)12(17)15-14/h2-4,7H,5-6,14H2,1H3,(H,15,17). The van der Waals surface area contributed by atoms with Crippen molar-refractivity contribution in [2.24, 2.45) is 5.84 Å². The minimum atomic E-state index is -0.338. The smallest absolute Gasteiger partial charge is 0.268 e. The average Bonchev–Trinajstić information content (AvgIpc) is 2.97. The quantitative estimate of drug-likeness (QED) is 0.496. The molecule has 0 spiro atoms. The maximum absolute atomic E-state index is 11.5. The first kappa shape index (κ1) is 14.3. The highest BCUT2D eigenvalue weighted by atomic mass is 79.9. The number of hydrogen-bond donors (Lipinski definition) is 2. The van der Waals surface area contributed by atoms with Crippen LogP contribution in [0.2, 0.25) is 0 Å². The molecular weight excluding hydrogens is 330 g/mol. The van der Waals surface area contributed by atoms with E-state index in [0.717, 1.165) is 10.3 Å². The van der Waals surface area contributed by atoms with Crippen LogP contribution in [0.15, 0.2) is 32.0 Å². The van der Waals surface area contributed by atoms with Crippen molar-refractivity contribution in [2.75, 3.05) is 7.05 Å². The maximum Gasteiger partial charge on any atom is 0.268 e. The molecule has 0 fully saturated rings. The van der Waals surface area contributed by atoms with E-state index in [1.807, 2.05) is 7.05 Å². The van der Waals surface area contributed by atoms with Crippen molar-refractivity contribution in [3.05, 3.63) is 44.4 Å². The van der Waals surface area contributed by atoms with E-state index in [9.17, 15) is 4.79 Å². The molecule has 0 aliphatic carbocycles. The van der Waals surface area contributed by atoms with E-state index in [-0.39, 0.29) is 5.91 Å². The van der Waals surface area contributed by atoms with Crippen molar-refractivity contribution in [2.45, 2.75) is 13.1 Å². The van der Waals surface area contributed by atoms with Gasteiger partial charge in [0.15, 0.2) is 0 Å². The van der Waals surface area contributed by atoms with Crippen LogP contribution in [0.4, 0.5) is 0 Å². The molecule has 2 aromatic heterocycles. The summed E-state index contributed by atoms with van der Waals surface area (Å²) in [6.07, 6.45) is 1.49. The number of nitrogens with one attached hydrogen (secondary N) is 1. The molecule has 0 unspecified atom stereocenters. The first-order chi connectivity index (χ1) is 9.10. The summed E-state index contributed by atoms with van der Waals surface area (Å²) < 4.78 is 6.44. The SMILES string of the molecule is CN(Cc1csc(Br)c1)Cc1occc1C(=O)NN. The van der Waals surface area contributed by atoms with Crippen LogP contribution in [0.1, 0.15) is 21.7 Å². The van der Waals surface area contributed by atoms with Crippen molar-refractivity contribution < 1.29 is 9.21 Å². The molecule has 0 saturated carbocycles. The fourth-order valence-electron chi connectivity index (χ4n) is 1.78. The van der Waals surface area contributed by atoms with Crippen LogP contribution in [0.3, 0.4) is 0 Å². The number of carbonyl (C=O) groups is 1. The monoisotopic (exact) mass is 343 g/mol. The van der Waals surface area contributed by atoms with Crippen LogP contribution in [0.25, 0.3) is 0 Å². The second kappa shape index (κ2) is 6.33. The summed E-state index contributed by atoms with van der Waals surface area (Å²) in [5.41, 5.74) is 3.80. The van der Waals surface area contributed by atoms with Gasteiger partial charge in [0.2, 0.25) is 0 Å². The summed E-state index contributed by atoms with van der Waals surface area (Å²) in [5, 5.41) is 2.09. The van der Waals surface area contributed by atoms with Crippen LogP contribution in [-0.4, -0.2) is 17.9 Å². The number of hydrogen-bond acceptors (Lipinski definition) is 5. The van der Waals surface area contributed by atoms with E-state index in [4.69, 9.17) is 10.3 Å². The Labute approximate surface area is 123 Å². The molecule has 0 aliphatic heterocycles. The molecule has 3 N–H and O–H groups in total. The molecule has 5 nitrogen and oxygen atoms in total. The number of amides is 1. The van der Waals surface area contributed by atoms with E-state index >= 15 is 0 Å². The highest BCUT2D eigenvalue weighted by Gasteiger charge is 2.15. The van der Waals surface area contributed by atoms with Gasteiger partial charge in [-0.05, 0) is 46.1 Å². The minimum Gasteiger partial charge on any atom is -0.467 e. The third kappa shape index (κ3) is 3.66. The molecule has 0 bridgehead atoms. The Hall–Kier alpha value is -1.15. The van der Waals surface area contributed by atoms with Crippen molar-refractivity contribution in [1.82, 2.24) is 10.3 Å². The van der Waals surface area contributed by atoms with Crippen molar-refractivity contribution in [3.63, 3.8) is 0 Å². The van der Waals surface area contributed by atoms with Gasteiger partial charge in [0.05, 0.1) is 22.2 Å². The summed E-state index contributed by atoms with van der Waals surface area (Å²) in [4.78, 5) is 13.6. The molecule has 2 heterocycles. The van der Waals surface area contributed by atoms with Gasteiger partial charge in [-0.15, -0.1) is 11.3 Å². The van der Waals surface area contributed by atoms with Gasteiger partial charge in [-0.2, -0.15) is 0 Å². The van der Waals surface area contributed by atoms with E-state index in [2.05, 4.69) is 37.7 Å². The number of nitrogen functional groups attached to an aromatic ring is 1. The highest BCUT2D eigenvalue weighted by molar-refractivity contribution is 9.11. The summed E-state index contributed by atoms with van der Waals surface area (Å²) >= 11 is 5.09. The molecule has 0 atom stereocenters. The maximum atomic E-state index is 11.5. The Morgan fingerprint density at radius 2 is 2.37 bits per heavy atom. The zero-order chi connectivity index (χ0) is 13.8. The van der Waals surface area contributed by atoms with Crippen LogP contribution < -0.4 is 11.3 Å².